The van der Waals surface area contributed by atoms with Crippen LogP contribution in [0.1, 0.15) is 68.1 Å². The van der Waals surface area contributed by atoms with Gasteiger partial charge in [0, 0.05) is 16.7 Å². The molecule has 1 fully saturated rings. The number of halogens is 8. The fourth-order valence-electron chi connectivity index (χ4n) is 5.28. The highest BCUT2D eigenvalue weighted by Crippen LogP contribution is 2.47. The van der Waals surface area contributed by atoms with E-state index in [0.29, 0.717) is 30.9 Å². The zero-order chi connectivity index (χ0) is 27.8. The molecule has 0 radical (unpaired) electrons. The van der Waals surface area contributed by atoms with E-state index in [9.17, 15) is 26.3 Å². The quantitative estimate of drug-likeness (QED) is 0.222. The lowest BCUT2D eigenvalue weighted by atomic mass is 9.76. The molecule has 0 spiro atoms. The van der Waals surface area contributed by atoms with Crippen LogP contribution in [0.25, 0.3) is 11.1 Å². The molecule has 0 aromatic heterocycles. The van der Waals surface area contributed by atoms with Crippen molar-refractivity contribution in [3.8, 4) is 22.6 Å². The highest BCUT2D eigenvalue weighted by Gasteiger charge is 2.38. The number of ether oxygens (including phenoxy) is 1. The topological polar surface area (TPSA) is 9.23 Å². The average Bonchev–Trinajstić information content (AvgIpc) is 2.86. The second kappa shape index (κ2) is 10.9. The van der Waals surface area contributed by atoms with Gasteiger partial charge in [0.2, 0.25) is 0 Å². The molecule has 0 amide bonds. The van der Waals surface area contributed by atoms with Crippen LogP contribution in [0, 0.1) is 41.9 Å². The van der Waals surface area contributed by atoms with Crippen LogP contribution in [0.3, 0.4) is 0 Å². The Kier molecular flexibility index (Phi) is 8.04. The van der Waals surface area contributed by atoms with Crippen molar-refractivity contribution >= 4 is 0 Å². The smallest absolute Gasteiger partial charge is 0.422 e. The molecule has 38 heavy (non-hydrogen) atoms. The van der Waals surface area contributed by atoms with E-state index in [2.05, 4.69) is 6.92 Å². The number of para-hydroxylation sites is 1. The Balaban J connectivity index is 1.79. The van der Waals surface area contributed by atoms with Gasteiger partial charge < -0.3 is 4.74 Å². The number of hydrogen-bond acceptors (Lipinski definition) is 1. The van der Waals surface area contributed by atoms with Crippen molar-refractivity contribution in [3.63, 3.8) is 0 Å². The molecule has 0 heterocycles. The minimum Gasteiger partial charge on any atom is -0.453 e. The predicted octanol–water partition coefficient (Wildman–Crippen LogP) is 10.2. The van der Waals surface area contributed by atoms with E-state index in [1.807, 2.05) is 0 Å². The van der Waals surface area contributed by atoms with Gasteiger partial charge in [-0.15, -0.1) is 0 Å². The molecule has 9 heteroatoms. The summed E-state index contributed by atoms with van der Waals surface area (Å²) in [5.74, 6) is -8.12. The van der Waals surface area contributed by atoms with Gasteiger partial charge in [-0.2, -0.15) is 13.2 Å². The maximum Gasteiger partial charge on any atom is 0.422 e. The SMILES string of the molecule is CCC[C@H]1CC[C@H](c2c(F)c(F)c(C)c(F)c2Oc2ccccc2-c2cc(F)c(C(F)(F)F)c(F)c2)CC1. The molecule has 1 saturated carbocycles. The molecule has 1 aliphatic rings. The summed E-state index contributed by atoms with van der Waals surface area (Å²) in [6.07, 6.45) is -0.741. The first-order chi connectivity index (χ1) is 17.9. The Bertz CT molecular complexity index is 1300. The fourth-order valence-corrected chi connectivity index (χ4v) is 5.28. The summed E-state index contributed by atoms with van der Waals surface area (Å²) in [7, 11) is 0. The lowest BCUT2D eigenvalue weighted by Gasteiger charge is -2.30. The molecule has 3 aromatic carbocycles. The molecular weight excluding hydrogens is 516 g/mol. The van der Waals surface area contributed by atoms with Gasteiger partial charge in [-0.3, -0.25) is 0 Å². The maximum atomic E-state index is 15.4. The summed E-state index contributed by atoms with van der Waals surface area (Å²) in [5, 5.41) is 0. The Morgan fingerprint density at radius 1 is 0.842 bits per heavy atom. The normalized spacial score (nSPS) is 18.1. The summed E-state index contributed by atoms with van der Waals surface area (Å²) in [6.45, 7) is 3.13. The first-order valence-corrected chi connectivity index (χ1v) is 12.4. The average molecular weight is 543 g/mol. The van der Waals surface area contributed by atoms with Crippen molar-refractivity contribution in [1.29, 1.82) is 0 Å². The first-order valence-electron chi connectivity index (χ1n) is 12.4. The lowest BCUT2D eigenvalue weighted by molar-refractivity contribution is -0.142. The summed E-state index contributed by atoms with van der Waals surface area (Å²) in [6, 6.07) is 6.51. The van der Waals surface area contributed by atoms with Crippen LogP contribution < -0.4 is 4.74 Å². The van der Waals surface area contributed by atoms with Gasteiger partial charge >= 0.3 is 6.18 Å². The molecule has 0 atom stereocenters. The van der Waals surface area contributed by atoms with Gasteiger partial charge in [-0.25, -0.2) is 22.0 Å². The number of hydrogen-bond donors (Lipinski definition) is 0. The number of rotatable bonds is 6. The molecule has 0 aliphatic heterocycles. The molecular formula is C29H26F8O. The third kappa shape index (κ3) is 5.38. The third-order valence-electron chi connectivity index (χ3n) is 7.22. The van der Waals surface area contributed by atoms with Gasteiger partial charge in [0.15, 0.2) is 23.2 Å². The molecule has 1 aliphatic carbocycles. The van der Waals surface area contributed by atoms with Crippen molar-refractivity contribution in [1.82, 2.24) is 0 Å². The molecule has 0 bridgehead atoms. The largest absolute Gasteiger partial charge is 0.453 e. The molecule has 0 N–H and O–H groups in total. The summed E-state index contributed by atoms with van der Waals surface area (Å²) >= 11 is 0. The standard InChI is InChI=1S/C29H26F8O/c1-3-6-16-9-11-17(12-10-16)23-27(34)25(32)15(2)26(33)28(23)38-22-8-5-4-7-19(22)18-13-20(30)24(21(31)14-18)29(35,36)37/h4-5,7-8,13-14,16-17H,3,6,9-12H2,1-2H3/t16-,17-. The van der Waals surface area contributed by atoms with Crippen LogP contribution in [0.5, 0.6) is 11.5 Å². The van der Waals surface area contributed by atoms with E-state index >= 15 is 8.78 Å². The monoisotopic (exact) mass is 542 g/mol. The van der Waals surface area contributed by atoms with Crippen molar-refractivity contribution in [3.05, 3.63) is 82.2 Å². The van der Waals surface area contributed by atoms with E-state index < -0.39 is 58.1 Å². The van der Waals surface area contributed by atoms with Gasteiger partial charge in [0.05, 0.1) is 0 Å². The van der Waals surface area contributed by atoms with Crippen LogP contribution in [0.2, 0.25) is 0 Å². The van der Waals surface area contributed by atoms with Crippen LogP contribution in [-0.4, -0.2) is 0 Å². The summed E-state index contributed by atoms with van der Waals surface area (Å²) in [5.41, 5.74) is -3.24. The fraction of sp³-hybridized carbons (Fsp3) is 0.379. The number of benzene rings is 3. The first kappa shape index (κ1) is 27.9. The predicted molar refractivity (Wildman–Crippen MR) is 128 cm³/mol. The van der Waals surface area contributed by atoms with Gasteiger partial charge in [0.1, 0.15) is 22.9 Å². The Morgan fingerprint density at radius 2 is 1.45 bits per heavy atom. The summed E-state index contributed by atoms with van der Waals surface area (Å²) < 4.78 is 119. The maximum absolute atomic E-state index is 15.4. The Morgan fingerprint density at radius 3 is 2.03 bits per heavy atom. The Hall–Kier alpha value is -3.10. The van der Waals surface area contributed by atoms with E-state index in [0.717, 1.165) is 32.6 Å². The minimum absolute atomic E-state index is 0.0570. The van der Waals surface area contributed by atoms with E-state index in [4.69, 9.17) is 4.74 Å². The van der Waals surface area contributed by atoms with Gasteiger partial charge in [-0.05, 0) is 68.2 Å². The molecule has 4 rings (SSSR count). The lowest BCUT2D eigenvalue weighted by Crippen LogP contribution is -2.17. The van der Waals surface area contributed by atoms with Crippen molar-refractivity contribution in [2.75, 3.05) is 0 Å². The zero-order valence-electron chi connectivity index (χ0n) is 20.8. The molecule has 1 nitrogen and oxygen atoms in total. The van der Waals surface area contributed by atoms with E-state index in [1.54, 1.807) is 0 Å². The molecule has 3 aromatic rings. The van der Waals surface area contributed by atoms with Crippen molar-refractivity contribution < 1.29 is 39.9 Å². The zero-order valence-corrected chi connectivity index (χ0v) is 20.8. The van der Waals surface area contributed by atoms with E-state index in [-0.39, 0.29) is 22.4 Å². The number of alkyl halides is 3. The summed E-state index contributed by atoms with van der Waals surface area (Å²) in [4.78, 5) is 0. The van der Waals surface area contributed by atoms with Crippen LogP contribution in [0.4, 0.5) is 35.1 Å². The van der Waals surface area contributed by atoms with E-state index in [1.165, 1.54) is 24.3 Å². The third-order valence-corrected chi connectivity index (χ3v) is 7.22. The van der Waals surface area contributed by atoms with Crippen molar-refractivity contribution in [2.45, 2.75) is 64.5 Å². The highest BCUT2D eigenvalue weighted by molar-refractivity contribution is 5.71. The van der Waals surface area contributed by atoms with Gasteiger partial charge in [0.25, 0.3) is 0 Å². The van der Waals surface area contributed by atoms with Crippen LogP contribution in [0.15, 0.2) is 36.4 Å². The minimum atomic E-state index is -5.25. The molecule has 204 valence electrons. The van der Waals surface area contributed by atoms with Crippen molar-refractivity contribution in [2.24, 2.45) is 5.92 Å². The highest BCUT2D eigenvalue weighted by atomic mass is 19.4. The Labute approximate surface area is 215 Å². The second-order valence-corrected chi connectivity index (χ2v) is 9.73. The van der Waals surface area contributed by atoms with Crippen LogP contribution >= 0.6 is 0 Å². The molecule has 0 saturated heterocycles. The van der Waals surface area contributed by atoms with Gasteiger partial charge in [-0.1, -0.05) is 38.0 Å². The molecule has 0 unspecified atom stereocenters. The second-order valence-electron chi connectivity index (χ2n) is 9.73. The van der Waals surface area contributed by atoms with Crippen LogP contribution in [-0.2, 0) is 6.18 Å².